The highest BCUT2D eigenvalue weighted by Gasteiger charge is 2.31. The molecule has 0 amide bonds. The first-order valence-corrected chi connectivity index (χ1v) is 15.1. The normalized spacial score (nSPS) is 23.7. The highest BCUT2D eigenvalue weighted by atomic mass is 16.5. The van der Waals surface area contributed by atoms with Gasteiger partial charge in [0.15, 0.2) is 0 Å². The van der Waals surface area contributed by atoms with Gasteiger partial charge in [0.05, 0.1) is 25.6 Å². The lowest BCUT2D eigenvalue weighted by Gasteiger charge is -2.35. The van der Waals surface area contributed by atoms with Gasteiger partial charge in [-0.2, -0.15) is 19.2 Å². The largest absolute Gasteiger partial charge is 0.466 e. The van der Waals surface area contributed by atoms with Crippen molar-refractivity contribution < 1.29 is 38.2 Å². The Balaban J connectivity index is 0.00000220. The fourth-order valence-electron chi connectivity index (χ4n) is 6.59. The van der Waals surface area contributed by atoms with Gasteiger partial charge in [-0.05, 0) is 62.7 Å². The Labute approximate surface area is 235 Å². The van der Waals surface area contributed by atoms with Crippen LogP contribution in [0.25, 0.3) is 0 Å². The second kappa shape index (κ2) is 23.6. The molecule has 2 atom stereocenters. The van der Waals surface area contributed by atoms with Crippen LogP contribution in [0.2, 0.25) is 0 Å². The van der Waals surface area contributed by atoms with Crippen molar-refractivity contribution >= 4 is 24.2 Å². The fourth-order valence-corrected chi connectivity index (χ4v) is 6.59. The number of hydrogen-bond donors (Lipinski definition) is 0. The van der Waals surface area contributed by atoms with Crippen LogP contribution in [0, 0.1) is 35.5 Å². The number of ether oxygens (including phenoxy) is 2. The number of carbonyl (C=O) groups excluding carboxylic acids is 6. The quantitative estimate of drug-likeness (QED) is 0.222. The molecule has 2 aliphatic rings. The molecule has 224 valence electrons. The van der Waals surface area contributed by atoms with Gasteiger partial charge >= 0.3 is 24.2 Å². The standard InChI is InChI=1S/C29H52O4.2CO2/c1-5-9-22(6-2)18-23-10-12-24(13-11-23)19-25-14-16-26(17-15-25)20-27(29(31)33-8-4)21-28(30)32-7-3;2*2-1-3/h22-27H,5-21H2,1-4H3;;. The van der Waals surface area contributed by atoms with Crippen molar-refractivity contribution in [2.75, 3.05) is 13.2 Å². The van der Waals surface area contributed by atoms with Gasteiger partial charge in [0.25, 0.3) is 0 Å². The van der Waals surface area contributed by atoms with Crippen molar-refractivity contribution in [3.05, 3.63) is 0 Å². The van der Waals surface area contributed by atoms with Gasteiger partial charge in [0.2, 0.25) is 0 Å². The van der Waals surface area contributed by atoms with E-state index in [1.165, 1.54) is 83.5 Å². The van der Waals surface area contributed by atoms with E-state index >= 15 is 0 Å². The van der Waals surface area contributed by atoms with Gasteiger partial charge in [-0.3, -0.25) is 9.59 Å². The molecule has 0 N–H and O–H groups in total. The summed E-state index contributed by atoms with van der Waals surface area (Å²) < 4.78 is 10.3. The van der Waals surface area contributed by atoms with Crippen LogP contribution < -0.4 is 0 Å². The Morgan fingerprint density at radius 1 is 0.692 bits per heavy atom. The molecule has 0 aliphatic heterocycles. The summed E-state index contributed by atoms with van der Waals surface area (Å²) in [7, 11) is 0. The predicted octanol–water partition coefficient (Wildman–Crippen LogP) is 6.56. The van der Waals surface area contributed by atoms with E-state index in [1.54, 1.807) is 6.92 Å². The Bertz CT molecular complexity index is 696. The summed E-state index contributed by atoms with van der Waals surface area (Å²) in [5, 5.41) is 0. The summed E-state index contributed by atoms with van der Waals surface area (Å²) in [5.41, 5.74) is 0. The molecule has 0 aromatic carbocycles. The van der Waals surface area contributed by atoms with Crippen LogP contribution in [0.3, 0.4) is 0 Å². The minimum Gasteiger partial charge on any atom is -0.466 e. The molecule has 2 saturated carbocycles. The molecule has 0 aromatic rings. The summed E-state index contributed by atoms with van der Waals surface area (Å²) in [4.78, 5) is 56.9. The van der Waals surface area contributed by atoms with Crippen LogP contribution in [-0.4, -0.2) is 37.5 Å². The molecular formula is C31H52O8. The van der Waals surface area contributed by atoms with E-state index in [4.69, 9.17) is 28.7 Å². The molecule has 2 aliphatic carbocycles. The van der Waals surface area contributed by atoms with Gasteiger partial charge in [0.1, 0.15) is 0 Å². The summed E-state index contributed by atoms with van der Waals surface area (Å²) in [6, 6.07) is 0. The second-order valence-electron chi connectivity index (χ2n) is 11.2. The molecule has 0 heterocycles. The van der Waals surface area contributed by atoms with E-state index in [2.05, 4.69) is 13.8 Å². The average Bonchev–Trinajstić information content (AvgIpc) is 2.91. The predicted molar refractivity (Wildman–Crippen MR) is 145 cm³/mol. The molecule has 0 aromatic heterocycles. The van der Waals surface area contributed by atoms with Crippen LogP contribution in [0.1, 0.15) is 124 Å². The van der Waals surface area contributed by atoms with Crippen LogP contribution >= 0.6 is 0 Å². The Morgan fingerprint density at radius 2 is 1.13 bits per heavy atom. The van der Waals surface area contributed by atoms with Crippen molar-refractivity contribution in [3.63, 3.8) is 0 Å². The molecular weight excluding hydrogens is 500 g/mol. The molecule has 0 radical (unpaired) electrons. The van der Waals surface area contributed by atoms with Crippen molar-refractivity contribution in [1.82, 2.24) is 0 Å². The second-order valence-corrected chi connectivity index (χ2v) is 11.2. The maximum absolute atomic E-state index is 12.4. The van der Waals surface area contributed by atoms with Gasteiger partial charge in [-0.25, -0.2) is 0 Å². The van der Waals surface area contributed by atoms with E-state index < -0.39 is 0 Å². The monoisotopic (exact) mass is 552 g/mol. The summed E-state index contributed by atoms with van der Waals surface area (Å²) in [6.45, 7) is 9.05. The van der Waals surface area contributed by atoms with Gasteiger partial charge in [-0.15, -0.1) is 0 Å². The highest BCUT2D eigenvalue weighted by Crippen LogP contribution is 2.41. The molecule has 2 unspecified atom stereocenters. The topological polar surface area (TPSA) is 121 Å². The molecule has 8 heteroatoms. The van der Waals surface area contributed by atoms with E-state index in [0.29, 0.717) is 19.1 Å². The summed E-state index contributed by atoms with van der Waals surface area (Å²) in [6.07, 6.45) is 19.2. The zero-order valence-electron chi connectivity index (χ0n) is 24.8. The molecule has 0 spiro atoms. The number of hydrogen-bond acceptors (Lipinski definition) is 8. The first kappa shape index (κ1) is 36.7. The number of esters is 2. The first-order chi connectivity index (χ1) is 18.8. The van der Waals surface area contributed by atoms with Crippen LogP contribution in [0.5, 0.6) is 0 Å². The first-order valence-electron chi connectivity index (χ1n) is 15.1. The molecule has 2 fully saturated rings. The van der Waals surface area contributed by atoms with E-state index in [1.807, 2.05) is 6.92 Å². The molecule has 39 heavy (non-hydrogen) atoms. The summed E-state index contributed by atoms with van der Waals surface area (Å²) >= 11 is 0. The van der Waals surface area contributed by atoms with Gasteiger partial charge < -0.3 is 9.47 Å². The zero-order chi connectivity index (χ0) is 29.5. The molecule has 2 rings (SSSR count). The lowest BCUT2D eigenvalue weighted by molar-refractivity contribution is -0.193. The summed E-state index contributed by atoms with van der Waals surface area (Å²) in [5.74, 6) is 3.41. The van der Waals surface area contributed by atoms with Crippen molar-refractivity contribution in [3.8, 4) is 0 Å². The lowest BCUT2D eigenvalue weighted by atomic mass is 9.71. The average molecular weight is 553 g/mol. The van der Waals surface area contributed by atoms with E-state index in [9.17, 15) is 9.59 Å². The third-order valence-electron chi connectivity index (χ3n) is 8.50. The Kier molecular flexibility index (Phi) is 22.2. The van der Waals surface area contributed by atoms with Crippen LogP contribution in [0.4, 0.5) is 0 Å². The van der Waals surface area contributed by atoms with Crippen molar-refractivity contribution in [2.45, 2.75) is 124 Å². The van der Waals surface area contributed by atoms with E-state index in [-0.39, 0.29) is 36.6 Å². The zero-order valence-corrected chi connectivity index (χ0v) is 24.8. The number of carbonyl (C=O) groups is 2. The van der Waals surface area contributed by atoms with Crippen molar-refractivity contribution in [2.24, 2.45) is 35.5 Å². The molecule has 0 saturated heterocycles. The third-order valence-corrected chi connectivity index (χ3v) is 8.50. The van der Waals surface area contributed by atoms with Gasteiger partial charge in [-0.1, -0.05) is 84.5 Å². The minimum atomic E-state index is -0.347. The van der Waals surface area contributed by atoms with Crippen molar-refractivity contribution in [1.29, 1.82) is 0 Å². The highest BCUT2D eigenvalue weighted by molar-refractivity contribution is 5.79. The lowest BCUT2D eigenvalue weighted by Crippen LogP contribution is -2.27. The third kappa shape index (κ3) is 17.1. The fraction of sp³-hybridized carbons (Fsp3) is 0.871. The Morgan fingerprint density at radius 3 is 1.54 bits per heavy atom. The van der Waals surface area contributed by atoms with E-state index in [0.717, 1.165) is 30.1 Å². The van der Waals surface area contributed by atoms with Crippen LogP contribution in [-0.2, 0) is 38.2 Å². The minimum absolute atomic E-state index is 0.160. The van der Waals surface area contributed by atoms with Crippen LogP contribution in [0.15, 0.2) is 0 Å². The maximum Gasteiger partial charge on any atom is 0.373 e. The SMILES string of the molecule is CCCC(CC)CC1CCC(CC2CCC(CC(CC(=O)OCC)C(=O)OCC)CC2)CC1.O=C=O.O=C=O. The van der Waals surface area contributed by atoms with Gasteiger partial charge in [0, 0.05) is 0 Å². The Hall–Kier alpha value is -2.30. The maximum atomic E-state index is 12.4. The molecule has 0 bridgehead atoms. The molecule has 8 nitrogen and oxygen atoms in total. The smallest absolute Gasteiger partial charge is 0.373 e. The number of rotatable bonds is 14.